The minimum atomic E-state index is -0.201. The molecule has 0 radical (unpaired) electrons. The van der Waals surface area contributed by atoms with E-state index in [0.29, 0.717) is 0 Å². The maximum Gasteiger partial charge on any atom is 0.134 e. The van der Waals surface area contributed by atoms with Gasteiger partial charge in [-0.3, -0.25) is 4.68 Å². The van der Waals surface area contributed by atoms with E-state index >= 15 is 0 Å². The van der Waals surface area contributed by atoms with Crippen LogP contribution >= 0.6 is 0 Å². The fraction of sp³-hybridized carbons (Fsp3) is 0.438. The highest BCUT2D eigenvalue weighted by molar-refractivity contribution is 5.70. The van der Waals surface area contributed by atoms with Crippen molar-refractivity contribution >= 4 is 11.5 Å². The largest absolute Gasteiger partial charge is 0.328 e. The van der Waals surface area contributed by atoms with E-state index in [-0.39, 0.29) is 11.9 Å². The van der Waals surface area contributed by atoms with Gasteiger partial charge in [0.15, 0.2) is 0 Å². The Kier molecular flexibility index (Phi) is 3.45. The van der Waals surface area contributed by atoms with Crippen molar-refractivity contribution in [2.75, 3.05) is 11.4 Å². The fourth-order valence-electron chi connectivity index (χ4n) is 3.16. The van der Waals surface area contributed by atoms with Crippen LogP contribution in [0.3, 0.4) is 0 Å². The average Bonchev–Trinajstić information content (AvgIpc) is 2.91. The van der Waals surface area contributed by atoms with Crippen molar-refractivity contribution < 1.29 is 4.39 Å². The molecule has 0 bridgehead atoms. The molecule has 0 spiro atoms. The first kappa shape index (κ1) is 14.1. The highest BCUT2D eigenvalue weighted by atomic mass is 19.1. The fourth-order valence-corrected chi connectivity index (χ4v) is 3.16. The highest BCUT2D eigenvalue weighted by Gasteiger charge is 2.27. The molecule has 112 valence electrons. The minimum Gasteiger partial charge on any atom is -0.328 e. The van der Waals surface area contributed by atoms with Gasteiger partial charge in [0.25, 0.3) is 0 Å². The Bertz CT molecular complexity index is 675. The molecule has 21 heavy (non-hydrogen) atoms. The Balaban J connectivity index is 2.09. The summed E-state index contributed by atoms with van der Waals surface area (Å²) in [6.07, 6.45) is 1.70. The first-order valence-electron chi connectivity index (χ1n) is 7.31. The van der Waals surface area contributed by atoms with Crippen LogP contribution in [0.4, 0.5) is 15.9 Å². The van der Waals surface area contributed by atoms with Crippen molar-refractivity contribution in [1.82, 2.24) is 9.78 Å². The van der Waals surface area contributed by atoms with Gasteiger partial charge < -0.3 is 10.6 Å². The maximum atomic E-state index is 13.6. The Morgan fingerprint density at radius 3 is 2.90 bits per heavy atom. The molecule has 2 heterocycles. The number of hydrogen-bond donors (Lipinski definition) is 1. The molecule has 0 saturated heterocycles. The van der Waals surface area contributed by atoms with E-state index in [2.05, 4.69) is 10.00 Å². The highest BCUT2D eigenvalue weighted by Crippen LogP contribution is 2.37. The molecule has 1 aliphatic rings. The molecule has 0 saturated carbocycles. The lowest BCUT2D eigenvalue weighted by atomic mass is 10.1. The van der Waals surface area contributed by atoms with Crippen molar-refractivity contribution in [1.29, 1.82) is 0 Å². The lowest BCUT2D eigenvalue weighted by Crippen LogP contribution is -2.22. The number of aryl methyl sites for hydroxylation is 2. The number of nitrogens with zero attached hydrogens (tertiary/aromatic N) is 3. The molecule has 3 rings (SSSR count). The van der Waals surface area contributed by atoms with Gasteiger partial charge in [0.1, 0.15) is 11.6 Å². The van der Waals surface area contributed by atoms with Crippen molar-refractivity contribution in [2.24, 2.45) is 12.8 Å². The molecule has 0 amide bonds. The summed E-state index contributed by atoms with van der Waals surface area (Å²) in [7, 11) is 1.93. The molecular formula is C16H21FN4. The molecule has 1 aromatic carbocycles. The zero-order valence-corrected chi connectivity index (χ0v) is 12.7. The standard InChI is InChI=1S/C16H21FN4/c1-10(18)8-14-11(2)19-20(3)16(14)21-7-6-12-4-5-13(17)9-15(12)21/h4-5,9-10H,6-8,18H2,1-3H3. The van der Waals surface area contributed by atoms with Gasteiger partial charge >= 0.3 is 0 Å². The number of nitrogens with two attached hydrogens (primary N) is 1. The van der Waals surface area contributed by atoms with Gasteiger partial charge in [0.05, 0.1) is 5.69 Å². The van der Waals surface area contributed by atoms with Crippen molar-refractivity contribution in [3.8, 4) is 0 Å². The zero-order chi connectivity index (χ0) is 15.1. The number of benzene rings is 1. The zero-order valence-electron chi connectivity index (χ0n) is 12.7. The van der Waals surface area contributed by atoms with Crippen LogP contribution in [0.25, 0.3) is 0 Å². The van der Waals surface area contributed by atoms with Crippen LogP contribution in [0.15, 0.2) is 18.2 Å². The van der Waals surface area contributed by atoms with Gasteiger partial charge in [-0.05, 0) is 44.4 Å². The van der Waals surface area contributed by atoms with Crippen LogP contribution in [0, 0.1) is 12.7 Å². The lowest BCUT2D eigenvalue weighted by Gasteiger charge is -2.22. The Morgan fingerprint density at radius 1 is 1.43 bits per heavy atom. The Morgan fingerprint density at radius 2 is 2.19 bits per heavy atom. The predicted molar refractivity (Wildman–Crippen MR) is 82.4 cm³/mol. The molecule has 1 atom stereocenters. The van der Waals surface area contributed by atoms with Gasteiger partial charge in [0, 0.05) is 30.9 Å². The van der Waals surface area contributed by atoms with E-state index in [1.54, 1.807) is 6.07 Å². The van der Waals surface area contributed by atoms with E-state index in [1.807, 2.05) is 31.6 Å². The number of anilines is 2. The van der Waals surface area contributed by atoms with Crippen LogP contribution in [0.2, 0.25) is 0 Å². The van der Waals surface area contributed by atoms with Crippen molar-refractivity contribution in [3.63, 3.8) is 0 Å². The Hall–Kier alpha value is -1.88. The molecule has 1 aromatic heterocycles. The van der Waals surface area contributed by atoms with Crippen LogP contribution in [-0.2, 0) is 19.9 Å². The second-order valence-corrected chi connectivity index (χ2v) is 5.87. The molecule has 5 heteroatoms. The third kappa shape index (κ3) is 2.42. The number of hydrogen-bond acceptors (Lipinski definition) is 3. The summed E-state index contributed by atoms with van der Waals surface area (Å²) in [5, 5.41) is 4.53. The summed E-state index contributed by atoms with van der Waals surface area (Å²) in [6.45, 7) is 4.85. The maximum absolute atomic E-state index is 13.6. The molecule has 4 nitrogen and oxygen atoms in total. The van der Waals surface area contributed by atoms with E-state index in [1.165, 1.54) is 11.6 Å². The van der Waals surface area contributed by atoms with Crippen molar-refractivity contribution in [3.05, 3.63) is 40.8 Å². The minimum absolute atomic E-state index is 0.0706. The second-order valence-electron chi connectivity index (χ2n) is 5.87. The third-order valence-corrected chi connectivity index (χ3v) is 4.04. The Labute approximate surface area is 124 Å². The number of rotatable bonds is 3. The van der Waals surface area contributed by atoms with Crippen LogP contribution < -0.4 is 10.6 Å². The summed E-state index contributed by atoms with van der Waals surface area (Å²) in [6, 6.07) is 5.08. The van der Waals surface area contributed by atoms with E-state index < -0.39 is 0 Å². The van der Waals surface area contributed by atoms with Gasteiger partial charge in [-0.2, -0.15) is 5.10 Å². The molecule has 0 aliphatic carbocycles. The SMILES string of the molecule is Cc1nn(C)c(N2CCc3ccc(F)cc32)c1CC(C)N. The molecule has 0 fully saturated rings. The summed E-state index contributed by atoms with van der Waals surface area (Å²) >= 11 is 0. The summed E-state index contributed by atoms with van der Waals surface area (Å²) in [5.74, 6) is 0.836. The lowest BCUT2D eigenvalue weighted by molar-refractivity contribution is 0.627. The molecule has 2 aromatic rings. The second kappa shape index (κ2) is 5.15. The topological polar surface area (TPSA) is 47.1 Å². The average molecular weight is 288 g/mol. The van der Waals surface area contributed by atoms with E-state index in [4.69, 9.17) is 5.73 Å². The number of aromatic nitrogens is 2. The number of fused-ring (bicyclic) bond motifs is 1. The first-order chi connectivity index (χ1) is 9.97. The molecule has 2 N–H and O–H groups in total. The predicted octanol–water partition coefficient (Wildman–Crippen LogP) is 2.45. The third-order valence-electron chi connectivity index (χ3n) is 4.04. The van der Waals surface area contributed by atoms with E-state index in [0.717, 1.165) is 42.1 Å². The van der Waals surface area contributed by atoms with E-state index in [9.17, 15) is 4.39 Å². The summed E-state index contributed by atoms with van der Waals surface area (Å²) < 4.78 is 15.5. The molecular weight excluding hydrogens is 267 g/mol. The van der Waals surface area contributed by atoms with Gasteiger partial charge in [-0.15, -0.1) is 0 Å². The molecule has 1 aliphatic heterocycles. The van der Waals surface area contributed by atoms with Crippen LogP contribution in [0.5, 0.6) is 0 Å². The van der Waals surface area contributed by atoms with Gasteiger partial charge in [0.2, 0.25) is 0 Å². The number of halogens is 1. The molecule has 1 unspecified atom stereocenters. The van der Waals surface area contributed by atoms with Gasteiger partial charge in [-0.25, -0.2) is 4.39 Å². The quantitative estimate of drug-likeness (QED) is 0.943. The summed E-state index contributed by atoms with van der Waals surface area (Å²) in [4.78, 5) is 2.16. The van der Waals surface area contributed by atoms with Crippen LogP contribution in [0.1, 0.15) is 23.7 Å². The first-order valence-corrected chi connectivity index (χ1v) is 7.31. The van der Waals surface area contributed by atoms with Crippen LogP contribution in [-0.4, -0.2) is 22.4 Å². The monoisotopic (exact) mass is 288 g/mol. The van der Waals surface area contributed by atoms with Crippen molar-refractivity contribution in [2.45, 2.75) is 32.7 Å². The normalized spacial score (nSPS) is 15.4. The van der Waals surface area contributed by atoms with Gasteiger partial charge in [-0.1, -0.05) is 6.07 Å². The smallest absolute Gasteiger partial charge is 0.134 e. The summed E-state index contributed by atoms with van der Waals surface area (Å²) in [5.41, 5.74) is 10.3.